The number of hydrogen-bond donors (Lipinski definition) is 2. The van der Waals surface area contributed by atoms with Gasteiger partial charge in [-0.15, -0.1) is 0 Å². The summed E-state index contributed by atoms with van der Waals surface area (Å²) in [5.74, 6) is 0.371. The third-order valence-electron chi connectivity index (χ3n) is 3.44. The van der Waals surface area contributed by atoms with Gasteiger partial charge in [0.25, 0.3) is 0 Å². The third kappa shape index (κ3) is 6.53. The molecule has 0 heterocycles. The summed E-state index contributed by atoms with van der Waals surface area (Å²) in [6.45, 7) is 3.80. The molecule has 0 fully saturated rings. The maximum atomic E-state index is 11.9. The first-order valence-corrected chi connectivity index (χ1v) is 7.80. The number of phenols is 1. The minimum absolute atomic E-state index is 0.0505. The van der Waals surface area contributed by atoms with Crippen LogP contribution in [0.15, 0.2) is 54.6 Å². The van der Waals surface area contributed by atoms with E-state index in [1.165, 1.54) is 0 Å². The SMILES string of the molecule is CC(CNC(=O)Cc1cccc(O)c1)COCc1ccccc1. The maximum Gasteiger partial charge on any atom is 0.224 e. The largest absolute Gasteiger partial charge is 0.508 e. The van der Waals surface area contributed by atoms with E-state index in [2.05, 4.69) is 5.32 Å². The van der Waals surface area contributed by atoms with Crippen LogP contribution in [-0.2, 0) is 22.6 Å². The molecule has 2 rings (SSSR count). The molecule has 2 aromatic carbocycles. The fourth-order valence-electron chi connectivity index (χ4n) is 2.21. The van der Waals surface area contributed by atoms with Crippen LogP contribution in [0, 0.1) is 5.92 Å². The van der Waals surface area contributed by atoms with Gasteiger partial charge in [-0.3, -0.25) is 4.79 Å². The number of phenolic OH excluding ortho intramolecular Hbond substituents is 1. The van der Waals surface area contributed by atoms with Crippen molar-refractivity contribution in [3.8, 4) is 5.75 Å². The summed E-state index contributed by atoms with van der Waals surface area (Å²) >= 11 is 0. The standard InChI is InChI=1S/C19H23NO3/c1-15(13-23-14-16-6-3-2-4-7-16)12-20-19(22)11-17-8-5-9-18(21)10-17/h2-10,15,21H,11-14H2,1H3,(H,20,22). The molecule has 1 amide bonds. The zero-order chi connectivity index (χ0) is 16.5. The molecule has 0 aliphatic carbocycles. The van der Waals surface area contributed by atoms with Crippen molar-refractivity contribution in [3.05, 3.63) is 65.7 Å². The minimum Gasteiger partial charge on any atom is -0.508 e. The zero-order valence-corrected chi connectivity index (χ0v) is 13.4. The van der Waals surface area contributed by atoms with Crippen molar-refractivity contribution in [1.82, 2.24) is 5.32 Å². The number of nitrogens with one attached hydrogen (secondary N) is 1. The zero-order valence-electron chi connectivity index (χ0n) is 13.4. The second kappa shape index (κ2) is 8.96. The molecule has 0 aliphatic heterocycles. The number of carbonyl (C=O) groups excluding carboxylic acids is 1. The van der Waals surface area contributed by atoms with Gasteiger partial charge in [-0.25, -0.2) is 0 Å². The molecule has 0 radical (unpaired) electrons. The van der Waals surface area contributed by atoms with Crippen molar-refractivity contribution < 1.29 is 14.6 Å². The van der Waals surface area contributed by atoms with E-state index >= 15 is 0 Å². The van der Waals surface area contributed by atoms with Crippen molar-refractivity contribution in [2.45, 2.75) is 20.0 Å². The van der Waals surface area contributed by atoms with Crippen LogP contribution in [0.25, 0.3) is 0 Å². The number of carbonyl (C=O) groups is 1. The molecule has 23 heavy (non-hydrogen) atoms. The lowest BCUT2D eigenvalue weighted by Gasteiger charge is -2.13. The molecule has 122 valence electrons. The summed E-state index contributed by atoms with van der Waals surface area (Å²) in [7, 11) is 0. The minimum atomic E-state index is -0.0505. The van der Waals surface area contributed by atoms with Gasteiger partial charge >= 0.3 is 0 Å². The highest BCUT2D eigenvalue weighted by molar-refractivity contribution is 5.78. The lowest BCUT2D eigenvalue weighted by molar-refractivity contribution is -0.120. The van der Waals surface area contributed by atoms with Crippen LogP contribution in [0.3, 0.4) is 0 Å². The maximum absolute atomic E-state index is 11.9. The Balaban J connectivity index is 1.63. The molecule has 0 saturated carbocycles. The Morgan fingerprint density at radius 2 is 1.87 bits per heavy atom. The third-order valence-corrected chi connectivity index (χ3v) is 3.44. The van der Waals surface area contributed by atoms with Gasteiger partial charge in [0.2, 0.25) is 5.91 Å². The molecule has 0 spiro atoms. The van der Waals surface area contributed by atoms with Gasteiger partial charge in [0.1, 0.15) is 5.75 Å². The van der Waals surface area contributed by atoms with Crippen LogP contribution in [0.2, 0.25) is 0 Å². The number of aromatic hydroxyl groups is 1. The lowest BCUT2D eigenvalue weighted by atomic mass is 10.1. The number of rotatable bonds is 8. The molecule has 0 aromatic heterocycles. The van der Waals surface area contributed by atoms with Gasteiger partial charge in [0.15, 0.2) is 0 Å². The molecule has 0 aliphatic rings. The van der Waals surface area contributed by atoms with Crippen LogP contribution >= 0.6 is 0 Å². The summed E-state index contributed by atoms with van der Waals surface area (Å²) in [4.78, 5) is 11.9. The van der Waals surface area contributed by atoms with Gasteiger partial charge in [-0.05, 0) is 29.2 Å². The van der Waals surface area contributed by atoms with Crippen molar-refractivity contribution in [2.24, 2.45) is 5.92 Å². The molecule has 1 unspecified atom stereocenters. The van der Waals surface area contributed by atoms with Gasteiger partial charge in [-0.1, -0.05) is 49.4 Å². The van der Waals surface area contributed by atoms with Crippen molar-refractivity contribution >= 4 is 5.91 Å². The molecular weight excluding hydrogens is 290 g/mol. The average molecular weight is 313 g/mol. The quantitative estimate of drug-likeness (QED) is 0.788. The Kier molecular flexibility index (Phi) is 6.63. The van der Waals surface area contributed by atoms with Crippen LogP contribution < -0.4 is 5.32 Å². The lowest BCUT2D eigenvalue weighted by Crippen LogP contribution is -2.31. The topological polar surface area (TPSA) is 58.6 Å². The Hall–Kier alpha value is -2.33. The molecule has 2 aromatic rings. The van der Waals surface area contributed by atoms with Crippen molar-refractivity contribution in [3.63, 3.8) is 0 Å². The van der Waals surface area contributed by atoms with Gasteiger partial charge < -0.3 is 15.2 Å². The van der Waals surface area contributed by atoms with E-state index in [0.29, 0.717) is 19.8 Å². The van der Waals surface area contributed by atoms with Crippen LogP contribution in [-0.4, -0.2) is 24.2 Å². The van der Waals surface area contributed by atoms with E-state index in [-0.39, 0.29) is 24.0 Å². The molecule has 0 bridgehead atoms. The fraction of sp³-hybridized carbons (Fsp3) is 0.316. The van der Waals surface area contributed by atoms with E-state index in [0.717, 1.165) is 11.1 Å². The molecule has 4 nitrogen and oxygen atoms in total. The van der Waals surface area contributed by atoms with Crippen LogP contribution in [0.5, 0.6) is 5.75 Å². The Bertz CT molecular complexity index is 613. The number of amides is 1. The highest BCUT2D eigenvalue weighted by Crippen LogP contribution is 2.11. The van der Waals surface area contributed by atoms with E-state index in [9.17, 15) is 9.90 Å². The summed E-state index contributed by atoms with van der Waals surface area (Å²) in [5, 5.41) is 12.3. The van der Waals surface area contributed by atoms with Crippen molar-refractivity contribution in [1.29, 1.82) is 0 Å². The Morgan fingerprint density at radius 3 is 2.61 bits per heavy atom. The summed E-state index contributed by atoms with van der Waals surface area (Å²) in [5.41, 5.74) is 1.95. The average Bonchev–Trinajstić information content (AvgIpc) is 2.54. The molecule has 0 saturated heterocycles. The first-order valence-electron chi connectivity index (χ1n) is 7.80. The van der Waals surface area contributed by atoms with Crippen LogP contribution in [0.1, 0.15) is 18.1 Å². The summed E-state index contributed by atoms with van der Waals surface area (Å²) in [6, 6.07) is 16.8. The van der Waals surface area contributed by atoms with E-state index in [1.807, 2.05) is 43.3 Å². The van der Waals surface area contributed by atoms with E-state index in [1.54, 1.807) is 18.2 Å². The molecule has 1 atom stereocenters. The Morgan fingerprint density at radius 1 is 1.13 bits per heavy atom. The van der Waals surface area contributed by atoms with E-state index < -0.39 is 0 Å². The second-order valence-corrected chi connectivity index (χ2v) is 5.76. The van der Waals surface area contributed by atoms with E-state index in [4.69, 9.17) is 4.74 Å². The summed E-state index contributed by atoms with van der Waals surface area (Å²) in [6.07, 6.45) is 0.270. The predicted octanol–water partition coefficient (Wildman–Crippen LogP) is 2.90. The number of benzene rings is 2. The Labute approximate surface area is 137 Å². The van der Waals surface area contributed by atoms with Crippen molar-refractivity contribution in [2.75, 3.05) is 13.2 Å². The first kappa shape index (κ1) is 17.0. The normalized spacial score (nSPS) is 11.9. The highest BCUT2D eigenvalue weighted by atomic mass is 16.5. The molecule has 2 N–H and O–H groups in total. The smallest absolute Gasteiger partial charge is 0.224 e. The first-order chi connectivity index (χ1) is 11.1. The monoisotopic (exact) mass is 313 g/mol. The van der Waals surface area contributed by atoms with Gasteiger partial charge in [-0.2, -0.15) is 0 Å². The van der Waals surface area contributed by atoms with Gasteiger partial charge in [0.05, 0.1) is 19.6 Å². The highest BCUT2D eigenvalue weighted by Gasteiger charge is 2.07. The molecule has 4 heteroatoms. The number of ether oxygens (including phenoxy) is 1. The second-order valence-electron chi connectivity index (χ2n) is 5.76. The summed E-state index contributed by atoms with van der Waals surface area (Å²) < 4.78 is 5.66. The molecular formula is C19H23NO3. The predicted molar refractivity (Wildman–Crippen MR) is 90.1 cm³/mol. The fourth-order valence-corrected chi connectivity index (χ4v) is 2.21. The van der Waals surface area contributed by atoms with Crippen LogP contribution in [0.4, 0.5) is 0 Å². The number of hydrogen-bond acceptors (Lipinski definition) is 3. The van der Waals surface area contributed by atoms with Gasteiger partial charge in [0, 0.05) is 6.54 Å².